The summed E-state index contributed by atoms with van der Waals surface area (Å²) < 4.78 is 0. The Hall–Kier alpha value is -5.22. The van der Waals surface area contributed by atoms with E-state index in [-0.39, 0.29) is 0 Å². The fourth-order valence-corrected chi connectivity index (χ4v) is 5.08. The standard InChI is InChI=1S/C34H22N4/c1-4-11-23(12-5-1)26-17-10-18-27(21-26)34-37-22-28-31(38-34)29(24-13-6-2-7-14-24)30(25-15-8-3-9-16-25)33-32(28)35-19-20-36-33/h1-22H. The first-order valence-corrected chi connectivity index (χ1v) is 12.6. The minimum Gasteiger partial charge on any atom is -0.252 e. The Balaban J connectivity index is 1.55. The van der Waals surface area contributed by atoms with E-state index < -0.39 is 0 Å². The van der Waals surface area contributed by atoms with Gasteiger partial charge in [-0.2, -0.15) is 0 Å². The molecule has 0 amide bonds. The van der Waals surface area contributed by atoms with Gasteiger partial charge in [0.1, 0.15) is 5.52 Å². The highest BCUT2D eigenvalue weighted by Gasteiger charge is 2.21. The van der Waals surface area contributed by atoms with Gasteiger partial charge < -0.3 is 0 Å². The van der Waals surface area contributed by atoms with Gasteiger partial charge in [-0.15, -0.1) is 0 Å². The van der Waals surface area contributed by atoms with Crippen LogP contribution in [0.1, 0.15) is 0 Å². The van der Waals surface area contributed by atoms with Crippen molar-refractivity contribution in [2.75, 3.05) is 0 Å². The normalized spacial score (nSPS) is 11.2. The zero-order valence-corrected chi connectivity index (χ0v) is 20.5. The zero-order valence-electron chi connectivity index (χ0n) is 20.5. The number of hydrogen-bond acceptors (Lipinski definition) is 4. The lowest BCUT2D eigenvalue weighted by atomic mass is 9.90. The topological polar surface area (TPSA) is 51.6 Å². The van der Waals surface area contributed by atoms with Gasteiger partial charge in [0.2, 0.25) is 0 Å². The second-order valence-electron chi connectivity index (χ2n) is 9.14. The third kappa shape index (κ3) is 3.80. The molecule has 0 spiro atoms. The molecule has 178 valence electrons. The van der Waals surface area contributed by atoms with Crippen molar-refractivity contribution in [1.82, 2.24) is 19.9 Å². The van der Waals surface area contributed by atoms with Crippen LogP contribution in [0.5, 0.6) is 0 Å². The molecule has 0 aliphatic heterocycles. The summed E-state index contributed by atoms with van der Waals surface area (Å²) in [4.78, 5) is 19.6. The van der Waals surface area contributed by atoms with Crippen molar-refractivity contribution in [3.63, 3.8) is 0 Å². The molecule has 7 aromatic rings. The molecule has 7 rings (SSSR count). The summed E-state index contributed by atoms with van der Waals surface area (Å²) >= 11 is 0. The van der Waals surface area contributed by atoms with Crippen molar-refractivity contribution in [2.24, 2.45) is 0 Å². The van der Waals surface area contributed by atoms with Crippen LogP contribution in [0.25, 0.3) is 66.7 Å². The van der Waals surface area contributed by atoms with Crippen molar-refractivity contribution in [1.29, 1.82) is 0 Å². The molecule has 0 N–H and O–H groups in total. The Morgan fingerprint density at radius 1 is 0.395 bits per heavy atom. The Bertz CT molecular complexity index is 1900. The largest absolute Gasteiger partial charge is 0.252 e. The fraction of sp³-hybridized carbons (Fsp3) is 0. The van der Waals surface area contributed by atoms with Crippen LogP contribution in [-0.4, -0.2) is 19.9 Å². The quantitative estimate of drug-likeness (QED) is 0.235. The maximum absolute atomic E-state index is 5.21. The molecular weight excluding hydrogens is 464 g/mol. The van der Waals surface area contributed by atoms with Crippen molar-refractivity contribution < 1.29 is 0 Å². The highest BCUT2D eigenvalue weighted by Crippen LogP contribution is 2.42. The molecule has 5 aromatic carbocycles. The molecule has 0 radical (unpaired) electrons. The molecule has 0 saturated carbocycles. The van der Waals surface area contributed by atoms with E-state index in [1.165, 1.54) is 0 Å². The van der Waals surface area contributed by atoms with Crippen molar-refractivity contribution in [3.05, 3.63) is 134 Å². The highest BCUT2D eigenvalue weighted by atomic mass is 14.9. The molecule has 0 saturated heterocycles. The third-order valence-electron chi connectivity index (χ3n) is 6.82. The molecule has 4 heteroatoms. The first-order chi connectivity index (χ1) is 18.9. The van der Waals surface area contributed by atoms with Crippen LogP contribution >= 0.6 is 0 Å². The molecule has 0 bridgehead atoms. The van der Waals surface area contributed by atoms with Gasteiger partial charge >= 0.3 is 0 Å². The Morgan fingerprint density at radius 2 is 0.921 bits per heavy atom. The number of benzene rings is 5. The number of nitrogens with zero attached hydrogens (tertiary/aromatic N) is 4. The summed E-state index contributed by atoms with van der Waals surface area (Å²) in [5.74, 6) is 0.676. The van der Waals surface area contributed by atoms with Crippen LogP contribution in [-0.2, 0) is 0 Å². The van der Waals surface area contributed by atoms with E-state index in [0.717, 1.165) is 60.9 Å². The SMILES string of the molecule is c1ccc(-c2cccc(-c3ncc4c(n3)c(-c3ccccc3)c(-c3ccccc3)c3nccnc34)c2)cc1. The van der Waals surface area contributed by atoms with Gasteiger partial charge in [-0.3, -0.25) is 9.97 Å². The lowest BCUT2D eigenvalue weighted by Crippen LogP contribution is -1.99. The Labute approximate surface area is 220 Å². The molecule has 0 aliphatic carbocycles. The third-order valence-corrected chi connectivity index (χ3v) is 6.82. The second-order valence-corrected chi connectivity index (χ2v) is 9.14. The average Bonchev–Trinajstić information content (AvgIpc) is 3.01. The lowest BCUT2D eigenvalue weighted by Gasteiger charge is -2.17. The molecule has 0 fully saturated rings. The van der Waals surface area contributed by atoms with Gasteiger partial charge in [0.25, 0.3) is 0 Å². The smallest absolute Gasteiger partial charge is 0.159 e. The van der Waals surface area contributed by atoms with E-state index in [4.69, 9.17) is 19.9 Å². The van der Waals surface area contributed by atoms with Crippen LogP contribution in [0.15, 0.2) is 134 Å². The van der Waals surface area contributed by atoms with E-state index >= 15 is 0 Å². The summed E-state index contributed by atoms with van der Waals surface area (Å²) in [7, 11) is 0. The van der Waals surface area contributed by atoms with E-state index in [9.17, 15) is 0 Å². The maximum atomic E-state index is 5.21. The van der Waals surface area contributed by atoms with Gasteiger partial charge in [0, 0.05) is 40.7 Å². The molecular formula is C34H22N4. The van der Waals surface area contributed by atoms with Gasteiger partial charge in [-0.1, -0.05) is 109 Å². The summed E-state index contributed by atoms with van der Waals surface area (Å²) in [5, 5.41) is 0.884. The molecule has 2 heterocycles. The minimum absolute atomic E-state index is 0.676. The number of aromatic nitrogens is 4. The predicted molar refractivity (Wildman–Crippen MR) is 154 cm³/mol. The van der Waals surface area contributed by atoms with Crippen LogP contribution in [0, 0.1) is 0 Å². The van der Waals surface area contributed by atoms with Crippen molar-refractivity contribution >= 4 is 21.9 Å². The molecule has 38 heavy (non-hydrogen) atoms. The molecule has 0 aliphatic rings. The lowest BCUT2D eigenvalue weighted by molar-refractivity contribution is 1.22. The van der Waals surface area contributed by atoms with E-state index in [1.54, 1.807) is 12.4 Å². The molecule has 4 nitrogen and oxygen atoms in total. The Morgan fingerprint density at radius 3 is 1.58 bits per heavy atom. The fourth-order valence-electron chi connectivity index (χ4n) is 5.08. The molecule has 0 unspecified atom stereocenters. The van der Waals surface area contributed by atoms with E-state index in [0.29, 0.717) is 5.82 Å². The van der Waals surface area contributed by atoms with Crippen LogP contribution in [0.2, 0.25) is 0 Å². The molecule has 0 atom stereocenters. The van der Waals surface area contributed by atoms with Gasteiger partial charge in [0.15, 0.2) is 5.82 Å². The van der Waals surface area contributed by atoms with Crippen molar-refractivity contribution in [3.8, 4) is 44.8 Å². The predicted octanol–water partition coefficient (Wildman–Crippen LogP) is 8.24. The summed E-state index contributed by atoms with van der Waals surface area (Å²) in [6.45, 7) is 0. The van der Waals surface area contributed by atoms with Gasteiger partial charge in [-0.25, -0.2) is 9.97 Å². The van der Waals surface area contributed by atoms with Gasteiger partial charge in [-0.05, 0) is 28.3 Å². The first-order valence-electron chi connectivity index (χ1n) is 12.6. The maximum Gasteiger partial charge on any atom is 0.159 e. The summed E-state index contributed by atoms with van der Waals surface area (Å²) in [6.07, 6.45) is 5.38. The summed E-state index contributed by atoms with van der Waals surface area (Å²) in [6, 6.07) is 39.5. The summed E-state index contributed by atoms with van der Waals surface area (Å²) in [5.41, 5.74) is 9.95. The minimum atomic E-state index is 0.676. The van der Waals surface area contributed by atoms with E-state index in [2.05, 4.69) is 97.1 Å². The van der Waals surface area contributed by atoms with Crippen LogP contribution in [0.3, 0.4) is 0 Å². The average molecular weight is 487 g/mol. The van der Waals surface area contributed by atoms with Gasteiger partial charge in [0.05, 0.1) is 11.0 Å². The van der Waals surface area contributed by atoms with E-state index in [1.807, 2.05) is 24.4 Å². The molecule has 2 aromatic heterocycles. The monoisotopic (exact) mass is 486 g/mol. The zero-order chi connectivity index (χ0) is 25.3. The number of hydrogen-bond donors (Lipinski definition) is 0. The number of fused-ring (bicyclic) bond motifs is 3. The Kier molecular flexibility index (Phi) is 5.41. The van der Waals surface area contributed by atoms with Crippen LogP contribution in [0.4, 0.5) is 0 Å². The number of rotatable bonds is 4. The highest BCUT2D eigenvalue weighted by molar-refractivity contribution is 6.17. The first kappa shape index (κ1) is 22.0. The van der Waals surface area contributed by atoms with Crippen LogP contribution < -0.4 is 0 Å². The second kappa shape index (κ2) is 9.34. The van der Waals surface area contributed by atoms with Crippen molar-refractivity contribution in [2.45, 2.75) is 0 Å².